The van der Waals surface area contributed by atoms with Gasteiger partial charge in [-0.15, -0.1) is 0 Å². The van der Waals surface area contributed by atoms with Crippen molar-refractivity contribution in [2.24, 2.45) is 5.41 Å². The maximum absolute atomic E-state index is 11.1. The summed E-state index contributed by atoms with van der Waals surface area (Å²) in [6.07, 6.45) is 6.13. The molecule has 0 amide bonds. The number of halogens is 1. The highest BCUT2D eigenvalue weighted by atomic mass is 79.9. The van der Waals surface area contributed by atoms with Crippen LogP contribution >= 0.6 is 27.7 Å². The monoisotopic (exact) mass is 344 g/mol. The summed E-state index contributed by atoms with van der Waals surface area (Å²) in [6, 6.07) is 0. The molecule has 0 rings (SSSR count). The Morgan fingerprint density at radius 2 is 1.71 bits per heavy atom. The lowest BCUT2D eigenvalue weighted by Gasteiger charge is -2.31. The molecule has 0 saturated carbocycles. The lowest BCUT2D eigenvalue weighted by Crippen LogP contribution is -2.26. The van der Waals surface area contributed by atoms with Crippen molar-refractivity contribution >= 4 is 37.5 Å². The summed E-state index contributed by atoms with van der Waals surface area (Å²) in [5.41, 5.74) is 0.353. The molecular weight excluding hydrogens is 320 g/mol. The number of hydrogen-bond donors (Lipinski definition) is 0. The molecule has 0 aliphatic heterocycles. The normalized spacial score (nSPS) is 12.9. The zero-order chi connectivity index (χ0) is 13.4. The molecule has 0 spiro atoms. The zero-order valence-electron chi connectivity index (χ0n) is 11.2. The van der Waals surface area contributed by atoms with Gasteiger partial charge >= 0.3 is 0 Å². The van der Waals surface area contributed by atoms with Crippen LogP contribution in [0, 0.1) is 5.41 Å². The molecule has 0 aromatic heterocycles. The van der Waals surface area contributed by atoms with E-state index in [0.717, 1.165) is 16.8 Å². The Morgan fingerprint density at radius 1 is 1.18 bits per heavy atom. The van der Waals surface area contributed by atoms with Crippen molar-refractivity contribution in [1.29, 1.82) is 0 Å². The van der Waals surface area contributed by atoms with Gasteiger partial charge in [0.25, 0.3) is 0 Å². The lowest BCUT2D eigenvalue weighted by atomic mass is 9.83. The first-order chi connectivity index (χ1) is 7.89. The van der Waals surface area contributed by atoms with Crippen molar-refractivity contribution in [3.05, 3.63) is 0 Å². The van der Waals surface area contributed by atoms with Crippen molar-refractivity contribution in [2.45, 2.75) is 39.5 Å². The second-order valence-electron chi connectivity index (χ2n) is 4.82. The second-order valence-corrected chi connectivity index (χ2v) is 8.74. The fraction of sp³-hybridized carbons (Fsp3) is 1.00. The minimum Gasteiger partial charge on any atom is -0.229 e. The molecule has 0 aliphatic rings. The van der Waals surface area contributed by atoms with Gasteiger partial charge in [0.15, 0.2) is 0 Å². The first kappa shape index (κ1) is 17.8. The van der Waals surface area contributed by atoms with Crippen LogP contribution in [0.5, 0.6) is 0 Å². The standard InChI is InChI=1S/C12H25BrO2S2/c1-4-6-12(10-13,7-5-2)11-16-8-9-17(3,14)15/h4-11H2,1-3H3. The summed E-state index contributed by atoms with van der Waals surface area (Å²) < 4.78 is 22.1. The van der Waals surface area contributed by atoms with Crippen LogP contribution in [0.4, 0.5) is 0 Å². The molecule has 0 radical (unpaired) electrons. The minimum absolute atomic E-state index is 0.300. The van der Waals surface area contributed by atoms with Crippen molar-refractivity contribution in [1.82, 2.24) is 0 Å². The number of rotatable bonds is 10. The molecule has 0 heterocycles. The first-order valence-electron chi connectivity index (χ1n) is 6.20. The van der Waals surface area contributed by atoms with E-state index in [4.69, 9.17) is 0 Å². The minimum atomic E-state index is -2.81. The predicted octanol–water partition coefficient (Wildman–Crippen LogP) is 3.75. The van der Waals surface area contributed by atoms with E-state index < -0.39 is 9.84 Å². The average Bonchev–Trinajstić information content (AvgIpc) is 2.23. The summed E-state index contributed by atoms with van der Waals surface area (Å²) in [4.78, 5) is 0. The van der Waals surface area contributed by atoms with Gasteiger partial charge in [-0.25, -0.2) is 8.42 Å². The summed E-state index contributed by atoms with van der Waals surface area (Å²) in [5, 5.41) is 1.02. The van der Waals surface area contributed by atoms with Crippen LogP contribution in [-0.2, 0) is 9.84 Å². The van der Waals surface area contributed by atoms with E-state index in [1.54, 1.807) is 11.8 Å². The zero-order valence-corrected chi connectivity index (χ0v) is 14.4. The summed E-state index contributed by atoms with van der Waals surface area (Å²) in [6.45, 7) is 4.43. The van der Waals surface area contributed by atoms with Crippen molar-refractivity contribution in [2.75, 3.05) is 28.8 Å². The van der Waals surface area contributed by atoms with Crippen molar-refractivity contribution in [3.63, 3.8) is 0 Å². The van der Waals surface area contributed by atoms with E-state index in [9.17, 15) is 8.42 Å². The van der Waals surface area contributed by atoms with E-state index in [0.29, 0.717) is 11.2 Å². The topological polar surface area (TPSA) is 34.1 Å². The van der Waals surface area contributed by atoms with Gasteiger partial charge in [-0.05, 0) is 24.0 Å². The Hall–Kier alpha value is 0.780. The quantitative estimate of drug-likeness (QED) is 0.447. The van der Waals surface area contributed by atoms with Gasteiger partial charge in [0, 0.05) is 17.3 Å². The fourth-order valence-corrected chi connectivity index (χ4v) is 5.67. The Kier molecular flexibility index (Phi) is 9.21. The Bertz CT molecular complexity index is 283. The third-order valence-electron chi connectivity index (χ3n) is 2.85. The van der Waals surface area contributed by atoms with Crippen LogP contribution in [0.3, 0.4) is 0 Å². The van der Waals surface area contributed by atoms with E-state index in [1.807, 2.05) is 0 Å². The molecule has 2 nitrogen and oxygen atoms in total. The molecule has 0 atom stereocenters. The fourth-order valence-electron chi connectivity index (χ4n) is 2.00. The largest absolute Gasteiger partial charge is 0.229 e. The van der Waals surface area contributed by atoms with Crippen LogP contribution in [-0.4, -0.2) is 37.3 Å². The van der Waals surface area contributed by atoms with Gasteiger partial charge in [0.2, 0.25) is 0 Å². The van der Waals surface area contributed by atoms with Gasteiger partial charge in [0.1, 0.15) is 9.84 Å². The molecule has 0 aromatic rings. The molecule has 0 aliphatic carbocycles. The smallest absolute Gasteiger partial charge is 0.148 e. The molecule has 0 unspecified atom stereocenters. The van der Waals surface area contributed by atoms with E-state index >= 15 is 0 Å². The van der Waals surface area contributed by atoms with Crippen LogP contribution in [0.15, 0.2) is 0 Å². The molecule has 0 bridgehead atoms. The molecule has 5 heteroatoms. The summed E-state index contributed by atoms with van der Waals surface area (Å²) in [7, 11) is -2.81. The Labute approximate surface area is 119 Å². The second kappa shape index (κ2) is 8.81. The molecule has 0 fully saturated rings. The molecule has 0 N–H and O–H groups in total. The maximum atomic E-state index is 11.1. The van der Waals surface area contributed by atoms with E-state index in [2.05, 4.69) is 29.8 Å². The van der Waals surface area contributed by atoms with E-state index in [1.165, 1.54) is 31.9 Å². The summed E-state index contributed by atoms with van der Waals surface area (Å²) >= 11 is 5.42. The van der Waals surface area contributed by atoms with Crippen LogP contribution in [0.2, 0.25) is 0 Å². The first-order valence-corrected chi connectivity index (χ1v) is 10.5. The number of hydrogen-bond acceptors (Lipinski definition) is 3. The lowest BCUT2D eigenvalue weighted by molar-refractivity contribution is 0.320. The van der Waals surface area contributed by atoms with Crippen LogP contribution in [0.25, 0.3) is 0 Å². The molecule has 0 saturated heterocycles. The number of alkyl halides is 1. The number of sulfone groups is 1. The summed E-state index contributed by atoms with van der Waals surface area (Å²) in [5.74, 6) is 2.09. The third-order valence-corrected chi connectivity index (χ3v) is 6.55. The highest BCUT2D eigenvalue weighted by Crippen LogP contribution is 2.35. The molecule has 104 valence electrons. The molecule has 0 aromatic carbocycles. The molecular formula is C12H25BrO2S2. The van der Waals surface area contributed by atoms with Gasteiger partial charge in [-0.2, -0.15) is 11.8 Å². The molecule has 17 heavy (non-hydrogen) atoms. The van der Waals surface area contributed by atoms with Gasteiger partial charge in [-0.1, -0.05) is 42.6 Å². The Balaban J connectivity index is 4.15. The maximum Gasteiger partial charge on any atom is 0.148 e. The highest BCUT2D eigenvalue weighted by Gasteiger charge is 2.26. The van der Waals surface area contributed by atoms with Gasteiger partial charge in [0.05, 0.1) is 5.75 Å². The SMILES string of the molecule is CCCC(CBr)(CCC)CSCCS(C)(=O)=O. The van der Waals surface area contributed by atoms with Crippen LogP contribution < -0.4 is 0 Å². The number of thioether (sulfide) groups is 1. The Morgan fingerprint density at radius 3 is 2.06 bits per heavy atom. The van der Waals surface area contributed by atoms with E-state index in [-0.39, 0.29) is 0 Å². The third kappa shape index (κ3) is 8.49. The van der Waals surface area contributed by atoms with Crippen molar-refractivity contribution < 1.29 is 8.42 Å². The van der Waals surface area contributed by atoms with Gasteiger partial charge in [-0.3, -0.25) is 0 Å². The van der Waals surface area contributed by atoms with Crippen LogP contribution in [0.1, 0.15) is 39.5 Å². The van der Waals surface area contributed by atoms with Crippen molar-refractivity contribution in [3.8, 4) is 0 Å². The predicted molar refractivity (Wildman–Crippen MR) is 83.1 cm³/mol. The van der Waals surface area contributed by atoms with Gasteiger partial charge < -0.3 is 0 Å². The highest BCUT2D eigenvalue weighted by molar-refractivity contribution is 9.09. The average molecular weight is 345 g/mol.